The van der Waals surface area contributed by atoms with Crippen LogP contribution < -0.4 is 5.73 Å². The largest absolute Gasteiger partial charge is 0.416 e. The summed E-state index contributed by atoms with van der Waals surface area (Å²) in [6.45, 7) is 1.72. The summed E-state index contributed by atoms with van der Waals surface area (Å²) in [6, 6.07) is 3.13. The number of nitrogens with one attached hydrogen (secondary N) is 1. The Morgan fingerprint density at radius 2 is 2.10 bits per heavy atom. The third kappa shape index (κ3) is 3.28. The average molecular weight is 318 g/mol. The normalized spacial score (nSPS) is 11.6. The van der Waals surface area contributed by atoms with Crippen LogP contribution in [-0.2, 0) is 6.18 Å². The minimum atomic E-state index is -4.47. The molecule has 0 saturated heterocycles. The van der Waals surface area contributed by atoms with Crippen LogP contribution in [0, 0.1) is 12.3 Å². The first-order valence-electron chi connectivity index (χ1n) is 5.31. The first-order chi connectivity index (χ1) is 9.27. The lowest BCUT2D eigenvalue weighted by atomic mass is 10.1. The van der Waals surface area contributed by atoms with Crippen molar-refractivity contribution in [2.75, 3.05) is 0 Å². The number of aromatic nitrogens is 2. The van der Waals surface area contributed by atoms with Gasteiger partial charge in [-0.3, -0.25) is 5.41 Å². The Labute approximate surface area is 120 Å². The summed E-state index contributed by atoms with van der Waals surface area (Å²) in [5, 5.41) is 7.41. The molecule has 0 saturated carbocycles. The number of hydrogen-bond donors (Lipinski definition) is 2. The van der Waals surface area contributed by atoms with Gasteiger partial charge in [0, 0.05) is 10.5 Å². The van der Waals surface area contributed by atoms with Gasteiger partial charge >= 0.3 is 6.18 Å². The van der Waals surface area contributed by atoms with E-state index in [1.165, 1.54) is 6.07 Å². The van der Waals surface area contributed by atoms with Crippen LogP contribution in [0.1, 0.15) is 17.0 Å². The number of rotatable bonds is 3. The highest BCUT2D eigenvalue weighted by molar-refractivity contribution is 8.01. The minimum absolute atomic E-state index is 0.0395. The van der Waals surface area contributed by atoms with Crippen molar-refractivity contribution in [2.45, 2.75) is 22.3 Å². The van der Waals surface area contributed by atoms with E-state index in [1.807, 2.05) is 0 Å². The van der Waals surface area contributed by atoms with Gasteiger partial charge in [0.15, 0.2) is 4.34 Å². The van der Waals surface area contributed by atoms with Crippen molar-refractivity contribution in [3.8, 4) is 0 Å². The first-order valence-corrected chi connectivity index (χ1v) is 6.90. The molecule has 0 aliphatic heterocycles. The molecule has 20 heavy (non-hydrogen) atoms. The number of amidine groups is 1. The van der Waals surface area contributed by atoms with Gasteiger partial charge in [0.2, 0.25) is 0 Å². The Hall–Kier alpha value is -1.61. The highest BCUT2D eigenvalue weighted by Gasteiger charge is 2.31. The monoisotopic (exact) mass is 318 g/mol. The van der Waals surface area contributed by atoms with Gasteiger partial charge in [-0.15, -0.1) is 0 Å². The minimum Gasteiger partial charge on any atom is -0.384 e. The maximum absolute atomic E-state index is 12.7. The molecular formula is C11H9F3N4S2. The van der Waals surface area contributed by atoms with Gasteiger partial charge in [-0.1, -0.05) is 11.8 Å². The molecule has 2 aromatic rings. The fourth-order valence-electron chi connectivity index (χ4n) is 1.42. The molecule has 0 aliphatic rings. The van der Waals surface area contributed by atoms with Crippen molar-refractivity contribution in [2.24, 2.45) is 5.73 Å². The van der Waals surface area contributed by atoms with E-state index in [2.05, 4.69) is 9.36 Å². The maximum Gasteiger partial charge on any atom is 0.416 e. The number of nitrogens with two attached hydrogens (primary N) is 1. The van der Waals surface area contributed by atoms with E-state index in [1.54, 1.807) is 6.92 Å². The molecule has 0 spiro atoms. The van der Waals surface area contributed by atoms with Gasteiger partial charge in [0.1, 0.15) is 11.7 Å². The average Bonchev–Trinajstić information content (AvgIpc) is 2.73. The summed E-state index contributed by atoms with van der Waals surface area (Å²) in [7, 11) is 0. The molecule has 2 rings (SSSR count). The fourth-order valence-corrected chi connectivity index (χ4v) is 3.15. The summed E-state index contributed by atoms with van der Waals surface area (Å²) in [4.78, 5) is 4.56. The lowest BCUT2D eigenvalue weighted by Crippen LogP contribution is -2.14. The Bertz CT molecular complexity index is 651. The number of hydrogen-bond acceptors (Lipinski definition) is 5. The number of aryl methyl sites for hydroxylation is 1. The van der Waals surface area contributed by atoms with E-state index in [0.717, 1.165) is 35.4 Å². The summed E-state index contributed by atoms with van der Waals surface area (Å²) < 4.78 is 42.5. The van der Waals surface area contributed by atoms with Crippen LogP contribution in [0.3, 0.4) is 0 Å². The van der Waals surface area contributed by atoms with Crippen LogP contribution in [0.15, 0.2) is 27.4 Å². The number of nitrogen functional groups attached to an aromatic ring is 1. The van der Waals surface area contributed by atoms with E-state index in [4.69, 9.17) is 11.1 Å². The predicted octanol–water partition coefficient (Wildman–Crippen LogP) is 3.30. The molecule has 0 amide bonds. The van der Waals surface area contributed by atoms with E-state index in [-0.39, 0.29) is 5.56 Å². The Morgan fingerprint density at radius 1 is 1.40 bits per heavy atom. The highest BCUT2D eigenvalue weighted by Crippen LogP contribution is 2.36. The molecule has 0 atom stereocenters. The molecule has 0 fully saturated rings. The zero-order chi connectivity index (χ0) is 14.9. The Kier molecular flexibility index (Phi) is 4.00. The van der Waals surface area contributed by atoms with Crippen LogP contribution >= 0.6 is 23.3 Å². The van der Waals surface area contributed by atoms with Crippen molar-refractivity contribution in [3.63, 3.8) is 0 Å². The molecule has 0 bridgehead atoms. The molecule has 4 nitrogen and oxygen atoms in total. The van der Waals surface area contributed by atoms with Crippen molar-refractivity contribution in [1.29, 1.82) is 5.41 Å². The molecule has 1 aromatic carbocycles. The van der Waals surface area contributed by atoms with E-state index in [9.17, 15) is 13.2 Å². The van der Waals surface area contributed by atoms with E-state index < -0.39 is 17.6 Å². The molecule has 9 heteroatoms. The van der Waals surface area contributed by atoms with Crippen LogP contribution in [0.4, 0.5) is 13.2 Å². The zero-order valence-corrected chi connectivity index (χ0v) is 11.8. The summed E-state index contributed by atoms with van der Waals surface area (Å²) >= 11 is 2.28. The fraction of sp³-hybridized carbons (Fsp3) is 0.182. The quantitative estimate of drug-likeness (QED) is 0.672. The Balaban J connectivity index is 2.40. The highest BCUT2D eigenvalue weighted by atomic mass is 32.2. The summed E-state index contributed by atoms with van der Waals surface area (Å²) in [5.74, 6) is 0.175. The van der Waals surface area contributed by atoms with Gasteiger partial charge in [0.05, 0.1) is 5.56 Å². The van der Waals surface area contributed by atoms with Crippen LogP contribution in [0.5, 0.6) is 0 Å². The second-order valence-electron chi connectivity index (χ2n) is 3.83. The topological polar surface area (TPSA) is 75.7 Å². The Morgan fingerprint density at radius 3 is 2.60 bits per heavy atom. The molecule has 3 N–H and O–H groups in total. The number of halogens is 3. The van der Waals surface area contributed by atoms with Gasteiger partial charge in [-0.2, -0.15) is 17.5 Å². The van der Waals surface area contributed by atoms with Crippen LogP contribution in [-0.4, -0.2) is 15.2 Å². The van der Waals surface area contributed by atoms with E-state index >= 15 is 0 Å². The molecule has 0 unspecified atom stereocenters. The van der Waals surface area contributed by atoms with Gasteiger partial charge < -0.3 is 5.73 Å². The molecule has 0 aliphatic carbocycles. The maximum atomic E-state index is 12.7. The third-order valence-electron chi connectivity index (χ3n) is 2.30. The zero-order valence-electron chi connectivity index (χ0n) is 10.2. The number of benzene rings is 1. The second-order valence-corrected chi connectivity index (χ2v) is 5.87. The molecule has 106 valence electrons. The standard InChI is InChI=1S/C11H9F3N4S2/c1-5-17-10(20-18-5)19-8-3-2-6(11(12,13)14)4-7(8)9(15)16/h2-4H,1H3,(H3,15,16). The predicted molar refractivity (Wildman–Crippen MR) is 71.2 cm³/mol. The summed E-state index contributed by atoms with van der Waals surface area (Å²) in [5.41, 5.74) is 4.56. The van der Waals surface area contributed by atoms with Gasteiger partial charge in [0.25, 0.3) is 0 Å². The second kappa shape index (κ2) is 5.41. The SMILES string of the molecule is Cc1nsc(Sc2ccc(C(F)(F)F)cc2C(=N)N)n1. The third-order valence-corrected chi connectivity index (χ3v) is 4.22. The van der Waals surface area contributed by atoms with Crippen molar-refractivity contribution in [1.82, 2.24) is 9.36 Å². The van der Waals surface area contributed by atoms with Crippen molar-refractivity contribution < 1.29 is 13.2 Å². The first kappa shape index (κ1) is 14.8. The van der Waals surface area contributed by atoms with Crippen molar-refractivity contribution >= 4 is 29.1 Å². The lowest BCUT2D eigenvalue weighted by Gasteiger charge is -2.11. The molecule has 1 aromatic heterocycles. The summed E-state index contributed by atoms with van der Waals surface area (Å²) in [6.07, 6.45) is -4.47. The number of nitrogens with zero attached hydrogens (tertiary/aromatic N) is 2. The molecule has 0 radical (unpaired) electrons. The lowest BCUT2D eigenvalue weighted by molar-refractivity contribution is -0.137. The van der Waals surface area contributed by atoms with Gasteiger partial charge in [-0.05, 0) is 36.7 Å². The number of alkyl halides is 3. The van der Waals surface area contributed by atoms with E-state index in [0.29, 0.717) is 15.1 Å². The smallest absolute Gasteiger partial charge is 0.384 e. The van der Waals surface area contributed by atoms with Gasteiger partial charge in [-0.25, -0.2) is 4.98 Å². The van der Waals surface area contributed by atoms with Crippen molar-refractivity contribution in [3.05, 3.63) is 35.2 Å². The molecular weight excluding hydrogens is 309 g/mol. The van der Waals surface area contributed by atoms with Crippen LogP contribution in [0.2, 0.25) is 0 Å². The molecule has 1 heterocycles. The van der Waals surface area contributed by atoms with Crippen LogP contribution in [0.25, 0.3) is 0 Å².